The van der Waals surface area contributed by atoms with Crippen LogP contribution >= 0.6 is 0 Å². The van der Waals surface area contributed by atoms with E-state index in [0.29, 0.717) is 34.7 Å². The summed E-state index contributed by atoms with van der Waals surface area (Å²) in [5.74, 6) is 0.386. The number of imidazole rings is 1. The first-order valence-corrected chi connectivity index (χ1v) is 11.9. The highest BCUT2D eigenvalue weighted by Crippen LogP contribution is 2.28. The van der Waals surface area contributed by atoms with Gasteiger partial charge in [0.1, 0.15) is 11.4 Å². The maximum Gasteiger partial charge on any atom is 0.261 e. The molecule has 1 atom stereocenters. The Morgan fingerprint density at radius 1 is 1.03 bits per heavy atom. The smallest absolute Gasteiger partial charge is 0.261 e. The van der Waals surface area contributed by atoms with Crippen LogP contribution < -0.4 is 16.2 Å². The fourth-order valence-corrected chi connectivity index (χ4v) is 3.97. The molecular weight excluding hydrogens is 426 g/mol. The van der Waals surface area contributed by atoms with Crippen molar-refractivity contribution >= 4 is 22.6 Å². The molecule has 0 radical (unpaired) electrons. The number of carbonyl (C=O) groups excluding carboxylic acids is 1. The molecule has 1 amide bonds. The zero-order valence-electron chi connectivity index (χ0n) is 20.5. The lowest BCUT2D eigenvalue weighted by Crippen LogP contribution is -2.21. The fourth-order valence-electron chi connectivity index (χ4n) is 3.97. The van der Waals surface area contributed by atoms with Gasteiger partial charge in [0.2, 0.25) is 0 Å². The van der Waals surface area contributed by atoms with Crippen molar-refractivity contribution in [1.29, 1.82) is 0 Å². The molecule has 4 aromatic rings. The Bertz CT molecular complexity index is 1310. The van der Waals surface area contributed by atoms with Crippen LogP contribution in [0.3, 0.4) is 0 Å². The molecule has 2 aromatic heterocycles. The molecule has 0 saturated heterocycles. The number of anilines is 1. The van der Waals surface area contributed by atoms with Crippen molar-refractivity contribution in [2.75, 3.05) is 5.32 Å². The molecule has 1 aliphatic heterocycles. The molecule has 7 heteroatoms. The predicted octanol–water partition coefficient (Wildman–Crippen LogP) is 5.26. The van der Waals surface area contributed by atoms with Crippen LogP contribution in [0, 0.1) is 0 Å². The maximum atomic E-state index is 12.7. The fraction of sp³-hybridized carbons (Fsp3) is 0.296. The lowest BCUT2D eigenvalue weighted by atomic mass is 10.1. The third kappa shape index (κ3) is 5.20. The minimum Gasteiger partial charge on any atom is -0.381 e. The summed E-state index contributed by atoms with van der Waals surface area (Å²) < 4.78 is 0. The van der Waals surface area contributed by atoms with Gasteiger partial charge in [-0.3, -0.25) is 9.59 Å². The van der Waals surface area contributed by atoms with Crippen LogP contribution in [-0.2, 0) is 13.0 Å². The van der Waals surface area contributed by atoms with Gasteiger partial charge in [-0.2, -0.15) is 0 Å². The van der Waals surface area contributed by atoms with E-state index in [4.69, 9.17) is 0 Å². The van der Waals surface area contributed by atoms with Gasteiger partial charge in [-0.1, -0.05) is 58.0 Å². The quantitative estimate of drug-likeness (QED) is 0.327. The Morgan fingerprint density at radius 2 is 1.76 bits per heavy atom. The van der Waals surface area contributed by atoms with Gasteiger partial charge >= 0.3 is 0 Å². The highest BCUT2D eigenvalue weighted by Gasteiger charge is 2.22. The molecule has 5 rings (SSSR count). The van der Waals surface area contributed by atoms with Crippen LogP contribution in [-0.4, -0.2) is 26.9 Å². The van der Waals surface area contributed by atoms with E-state index in [1.54, 1.807) is 12.3 Å². The van der Waals surface area contributed by atoms with Crippen LogP contribution in [0.2, 0.25) is 0 Å². The normalized spacial score (nSPS) is 12.6. The van der Waals surface area contributed by atoms with Crippen molar-refractivity contribution in [3.63, 3.8) is 0 Å². The number of hydrogen-bond donors (Lipinski definition) is 4. The van der Waals surface area contributed by atoms with E-state index in [1.807, 2.05) is 58.0 Å². The number of nitrogens with one attached hydrogen (secondary N) is 4. The first kappa shape index (κ1) is 24.8. The van der Waals surface area contributed by atoms with Gasteiger partial charge in [0.15, 0.2) is 0 Å². The maximum absolute atomic E-state index is 12.7. The number of hydrogen-bond acceptors (Lipinski definition) is 4. The minimum absolute atomic E-state index is 0.0916. The predicted molar refractivity (Wildman–Crippen MR) is 139 cm³/mol. The van der Waals surface area contributed by atoms with Gasteiger partial charge in [0.05, 0.1) is 16.7 Å². The average Bonchev–Trinajstić information content (AvgIpc) is 3.43. The summed E-state index contributed by atoms with van der Waals surface area (Å²) in [5, 5.41) is 6.26. The Balaban J connectivity index is 0.000000771. The van der Waals surface area contributed by atoms with Crippen LogP contribution in [0.25, 0.3) is 22.4 Å². The summed E-state index contributed by atoms with van der Waals surface area (Å²) in [6.45, 7) is 10.6. The largest absolute Gasteiger partial charge is 0.381 e. The van der Waals surface area contributed by atoms with Crippen molar-refractivity contribution in [2.24, 2.45) is 0 Å². The average molecular weight is 460 g/mol. The molecule has 0 bridgehead atoms. The van der Waals surface area contributed by atoms with E-state index < -0.39 is 0 Å². The second-order valence-corrected chi connectivity index (χ2v) is 7.63. The molecule has 0 fully saturated rings. The monoisotopic (exact) mass is 459 g/mol. The minimum atomic E-state index is -0.226. The van der Waals surface area contributed by atoms with Crippen molar-refractivity contribution in [3.8, 4) is 11.4 Å². The number of H-pyrrole nitrogens is 2. The zero-order chi connectivity index (χ0) is 24.7. The topological polar surface area (TPSA) is 103 Å². The molecule has 34 heavy (non-hydrogen) atoms. The molecule has 7 nitrogen and oxygen atoms in total. The molecule has 4 N–H and O–H groups in total. The van der Waals surface area contributed by atoms with E-state index >= 15 is 0 Å². The molecule has 3 heterocycles. The molecule has 0 aliphatic carbocycles. The summed E-state index contributed by atoms with van der Waals surface area (Å²) in [7, 11) is 0. The van der Waals surface area contributed by atoms with Crippen molar-refractivity contribution < 1.29 is 4.79 Å². The molecular formula is C27H33N5O2. The van der Waals surface area contributed by atoms with E-state index in [0.717, 1.165) is 17.5 Å². The summed E-state index contributed by atoms with van der Waals surface area (Å²) in [6.07, 6.45) is 2.46. The third-order valence-electron chi connectivity index (χ3n) is 5.38. The second-order valence-electron chi connectivity index (χ2n) is 7.63. The number of rotatable bonds is 5. The zero-order valence-corrected chi connectivity index (χ0v) is 20.5. The first-order valence-electron chi connectivity index (χ1n) is 11.9. The summed E-state index contributed by atoms with van der Waals surface area (Å²) in [4.78, 5) is 35.2. The SMILES string of the molecule is CC.CC.C[C@@H](Cc1ccccc1)Nc1cc[nH]c(=O)c1-c1nc2cc3c(cc2[nH]1)CNC3=O. The van der Waals surface area contributed by atoms with Gasteiger partial charge < -0.3 is 20.6 Å². The van der Waals surface area contributed by atoms with Crippen molar-refractivity contribution in [3.05, 3.63) is 81.8 Å². The lowest BCUT2D eigenvalue weighted by Gasteiger charge is -2.17. The molecule has 0 spiro atoms. The number of fused-ring (bicyclic) bond motifs is 2. The summed E-state index contributed by atoms with van der Waals surface area (Å²) in [6, 6.07) is 15.9. The Labute approximate surface area is 200 Å². The highest BCUT2D eigenvalue weighted by atomic mass is 16.2. The number of aromatic nitrogens is 3. The van der Waals surface area contributed by atoms with Crippen LogP contribution in [0.15, 0.2) is 59.5 Å². The van der Waals surface area contributed by atoms with Gasteiger partial charge in [0.25, 0.3) is 11.5 Å². The lowest BCUT2D eigenvalue weighted by molar-refractivity contribution is 0.0966. The van der Waals surface area contributed by atoms with Crippen molar-refractivity contribution in [2.45, 2.75) is 53.6 Å². The Hall–Kier alpha value is -3.87. The van der Waals surface area contributed by atoms with Gasteiger partial charge in [0, 0.05) is 24.3 Å². The molecule has 2 aromatic carbocycles. The van der Waals surface area contributed by atoms with Gasteiger partial charge in [-0.05, 0) is 42.7 Å². The number of nitrogens with zero attached hydrogens (tertiary/aromatic N) is 1. The van der Waals surface area contributed by atoms with E-state index in [2.05, 4.69) is 44.6 Å². The molecule has 0 saturated carbocycles. The Morgan fingerprint density at radius 3 is 2.50 bits per heavy atom. The third-order valence-corrected chi connectivity index (χ3v) is 5.38. The summed E-state index contributed by atoms with van der Waals surface area (Å²) >= 11 is 0. The van der Waals surface area contributed by atoms with Gasteiger partial charge in [-0.25, -0.2) is 4.98 Å². The molecule has 1 aliphatic rings. The first-order chi connectivity index (χ1) is 16.6. The number of carbonyl (C=O) groups is 1. The van der Waals surface area contributed by atoms with Crippen LogP contribution in [0.1, 0.15) is 56.1 Å². The highest BCUT2D eigenvalue weighted by molar-refractivity contribution is 6.01. The van der Waals surface area contributed by atoms with Crippen molar-refractivity contribution in [1.82, 2.24) is 20.3 Å². The second kappa shape index (κ2) is 11.3. The number of aromatic amines is 2. The number of amides is 1. The summed E-state index contributed by atoms with van der Waals surface area (Å²) in [5.41, 5.74) is 5.19. The van der Waals surface area contributed by atoms with E-state index in [-0.39, 0.29) is 17.5 Å². The van der Waals surface area contributed by atoms with Crippen LogP contribution in [0.4, 0.5) is 5.69 Å². The van der Waals surface area contributed by atoms with Gasteiger partial charge in [-0.15, -0.1) is 0 Å². The molecule has 178 valence electrons. The van der Waals surface area contributed by atoms with Crippen LogP contribution in [0.5, 0.6) is 0 Å². The van der Waals surface area contributed by atoms with E-state index in [1.165, 1.54) is 5.56 Å². The van der Waals surface area contributed by atoms with E-state index in [9.17, 15) is 9.59 Å². The Kier molecular flexibility index (Phi) is 8.24. The standard InChI is InChI=1S/C23H21N5O2.2C2H6/c1-13(9-14-5-3-2-4-6-14)26-17-7-8-24-23(30)20(17)21-27-18-10-15-12-25-22(29)16(15)11-19(18)28-21;2*1-2/h2-8,10-11,13H,9,12H2,1H3,(H,25,29)(H,27,28)(H2,24,26,30);2*1-2H3/t13-;;/m0../s1. The number of pyridine rings is 1. The number of benzene rings is 2. The molecule has 0 unspecified atom stereocenters.